The zero-order chi connectivity index (χ0) is 23.5. The monoisotopic (exact) mass is 454 g/mol. The third-order valence-electron chi connectivity index (χ3n) is 10.8. The highest BCUT2D eigenvalue weighted by molar-refractivity contribution is 5.26. The standard InChI is InChI=1S/C28H45F3O/c1-18(6-8-20(32)17-28(29,30)31)22-10-11-23-21-9-7-19-16-25(2,3)14-15-26(19,4)24(21)12-13-27(22,23)5/h7,18,20-24,32H,6,8-17H2,1-5H3/t18-,20?,21+,22-,23+,24+,26?,27-/m1/s1. The van der Waals surface area contributed by atoms with Crippen LogP contribution in [0.15, 0.2) is 11.6 Å². The lowest BCUT2D eigenvalue weighted by Crippen LogP contribution is -2.51. The molecule has 4 heteroatoms. The number of halogens is 3. The maximum Gasteiger partial charge on any atom is 0.391 e. The van der Waals surface area contributed by atoms with Gasteiger partial charge < -0.3 is 5.11 Å². The van der Waals surface area contributed by atoms with E-state index in [2.05, 4.69) is 40.7 Å². The molecule has 1 N–H and O–H groups in total. The van der Waals surface area contributed by atoms with Crippen molar-refractivity contribution in [2.75, 3.05) is 0 Å². The van der Waals surface area contributed by atoms with Crippen molar-refractivity contribution < 1.29 is 18.3 Å². The number of aliphatic hydroxyl groups excluding tert-OH is 1. The Morgan fingerprint density at radius 1 is 1.00 bits per heavy atom. The van der Waals surface area contributed by atoms with Crippen LogP contribution >= 0.6 is 0 Å². The van der Waals surface area contributed by atoms with E-state index in [0.29, 0.717) is 34.5 Å². The Kier molecular flexibility index (Phi) is 6.39. The van der Waals surface area contributed by atoms with E-state index in [4.69, 9.17) is 0 Å². The number of alkyl halides is 3. The van der Waals surface area contributed by atoms with E-state index in [1.54, 1.807) is 5.57 Å². The van der Waals surface area contributed by atoms with Gasteiger partial charge in [-0.2, -0.15) is 13.2 Å². The number of hydrogen-bond donors (Lipinski definition) is 1. The highest BCUT2D eigenvalue weighted by Crippen LogP contribution is 2.68. The van der Waals surface area contributed by atoms with Crippen LogP contribution in [-0.2, 0) is 0 Å². The summed E-state index contributed by atoms with van der Waals surface area (Å²) >= 11 is 0. The second-order valence-electron chi connectivity index (χ2n) is 13.4. The summed E-state index contributed by atoms with van der Waals surface area (Å²) in [6.07, 6.45) is 7.21. The molecule has 1 nitrogen and oxygen atoms in total. The fraction of sp³-hybridized carbons (Fsp3) is 0.929. The van der Waals surface area contributed by atoms with Crippen molar-refractivity contribution in [2.45, 2.75) is 118 Å². The molecule has 0 aromatic rings. The van der Waals surface area contributed by atoms with Crippen LogP contribution in [0.1, 0.15) is 105 Å². The van der Waals surface area contributed by atoms with Gasteiger partial charge in [-0.3, -0.25) is 0 Å². The van der Waals surface area contributed by atoms with Gasteiger partial charge in [-0.15, -0.1) is 0 Å². The molecule has 0 aliphatic heterocycles. The topological polar surface area (TPSA) is 20.2 Å². The zero-order valence-electron chi connectivity index (χ0n) is 20.9. The Labute approximate surface area is 193 Å². The number of rotatable bonds is 5. The van der Waals surface area contributed by atoms with Crippen LogP contribution in [0, 0.1) is 45.8 Å². The smallest absolute Gasteiger partial charge is 0.391 e. The SMILES string of the molecule is C[C@H](CCC(O)CC(F)(F)F)[C@H]1CC[C@H]2[C@@H]3CC=C4CC(C)(C)CCC4(C)[C@H]3CC[C@]12C. The molecule has 8 atom stereocenters. The first-order valence-corrected chi connectivity index (χ1v) is 13.2. The molecule has 32 heavy (non-hydrogen) atoms. The third-order valence-corrected chi connectivity index (χ3v) is 10.8. The minimum Gasteiger partial charge on any atom is -0.393 e. The van der Waals surface area contributed by atoms with Crippen molar-refractivity contribution in [3.63, 3.8) is 0 Å². The van der Waals surface area contributed by atoms with E-state index in [1.807, 2.05) is 0 Å². The molecule has 3 fully saturated rings. The fourth-order valence-electron chi connectivity index (χ4n) is 8.98. The average Bonchev–Trinajstić information content (AvgIpc) is 3.02. The van der Waals surface area contributed by atoms with Crippen LogP contribution in [-0.4, -0.2) is 17.4 Å². The maximum absolute atomic E-state index is 12.6. The largest absolute Gasteiger partial charge is 0.393 e. The summed E-state index contributed by atoms with van der Waals surface area (Å²) in [5, 5.41) is 9.88. The van der Waals surface area contributed by atoms with E-state index >= 15 is 0 Å². The van der Waals surface area contributed by atoms with Crippen molar-refractivity contribution in [2.24, 2.45) is 45.8 Å². The zero-order valence-corrected chi connectivity index (χ0v) is 20.9. The van der Waals surface area contributed by atoms with Gasteiger partial charge in [0, 0.05) is 0 Å². The van der Waals surface area contributed by atoms with E-state index in [1.165, 1.54) is 51.4 Å². The summed E-state index contributed by atoms with van der Waals surface area (Å²) in [5.41, 5.74) is 2.86. The first kappa shape index (κ1) is 24.6. The number of allylic oxidation sites excluding steroid dienone is 2. The van der Waals surface area contributed by atoms with Crippen LogP contribution in [0.5, 0.6) is 0 Å². The van der Waals surface area contributed by atoms with Crippen LogP contribution < -0.4 is 0 Å². The van der Waals surface area contributed by atoms with Crippen LogP contribution in [0.2, 0.25) is 0 Å². The van der Waals surface area contributed by atoms with Gasteiger partial charge in [0.1, 0.15) is 0 Å². The summed E-state index contributed by atoms with van der Waals surface area (Å²) < 4.78 is 37.8. The predicted octanol–water partition coefficient (Wildman–Crippen LogP) is 8.32. The van der Waals surface area contributed by atoms with E-state index in [0.717, 1.165) is 17.8 Å². The second kappa shape index (κ2) is 8.31. The minimum atomic E-state index is -4.27. The summed E-state index contributed by atoms with van der Waals surface area (Å²) in [4.78, 5) is 0. The molecule has 0 saturated heterocycles. The van der Waals surface area contributed by atoms with Gasteiger partial charge >= 0.3 is 6.18 Å². The molecule has 4 rings (SSSR count). The van der Waals surface area contributed by atoms with Crippen LogP contribution in [0.3, 0.4) is 0 Å². The highest BCUT2D eigenvalue weighted by Gasteiger charge is 2.59. The van der Waals surface area contributed by atoms with Gasteiger partial charge in [-0.05, 0) is 110 Å². The Hall–Kier alpha value is -0.510. The Bertz CT molecular complexity index is 725. The van der Waals surface area contributed by atoms with Crippen molar-refractivity contribution in [1.29, 1.82) is 0 Å². The first-order valence-electron chi connectivity index (χ1n) is 13.2. The molecule has 0 amide bonds. The summed E-state index contributed by atoms with van der Waals surface area (Å²) in [7, 11) is 0. The van der Waals surface area contributed by atoms with Crippen molar-refractivity contribution in [1.82, 2.24) is 0 Å². The molecule has 3 saturated carbocycles. The maximum atomic E-state index is 12.6. The number of aliphatic hydroxyl groups is 1. The van der Waals surface area contributed by atoms with E-state index < -0.39 is 18.7 Å². The average molecular weight is 455 g/mol. The lowest BCUT2D eigenvalue weighted by molar-refractivity contribution is -0.154. The van der Waals surface area contributed by atoms with Crippen LogP contribution in [0.25, 0.3) is 0 Å². The van der Waals surface area contributed by atoms with Crippen LogP contribution in [0.4, 0.5) is 13.2 Å². The second-order valence-corrected chi connectivity index (χ2v) is 13.4. The van der Waals surface area contributed by atoms with Gasteiger partial charge in [0.25, 0.3) is 0 Å². The minimum absolute atomic E-state index is 0.268. The Balaban J connectivity index is 1.44. The molecule has 0 aromatic carbocycles. The van der Waals surface area contributed by atoms with E-state index in [9.17, 15) is 18.3 Å². The molecule has 0 radical (unpaired) electrons. The van der Waals surface area contributed by atoms with Gasteiger partial charge in [-0.1, -0.05) is 46.3 Å². The molecule has 0 heterocycles. The molecule has 2 unspecified atom stereocenters. The summed E-state index contributed by atoms with van der Waals surface area (Å²) in [6, 6.07) is 0. The quantitative estimate of drug-likeness (QED) is 0.414. The molecule has 4 aliphatic rings. The summed E-state index contributed by atoms with van der Waals surface area (Å²) in [6.45, 7) is 12.1. The first-order chi connectivity index (χ1) is 14.8. The molecule has 0 bridgehead atoms. The summed E-state index contributed by atoms with van der Waals surface area (Å²) in [5.74, 6) is 3.29. The molecule has 4 aliphatic carbocycles. The van der Waals surface area contributed by atoms with Gasteiger partial charge in [0.15, 0.2) is 0 Å². The fourth-order valence-corrected chi connectivity index (χ4v) is 8.98. The third kappa shape index (κ3) is 4.43. The van der Waals surface area contributed by atoms with Crippen molar-refractivity contribution in [3.8, 4) is 0 Å². The predicted molar refractivity (Wildman–Crippen MR) is 124 cm³/mol. The lowest BCUT2D eigenvalue weighted by Gasteiger charge is -2.59. The van der Waals surface area contributed by atoms with Gasteiger partial charge in [0.2, 0.25) is 0 Å². The number of fused-ring (bicyclic) bond motifs is 5. The molecule has 184 valence electrons. The molecule has 0 aromatic heterocycles. The molecular formula is C28H45F3O. The molecular weight excluding hydrogens is 409 g/mol. The number of hydrogen-bond acceptors (Lipinski definition) is 1. The van der Waals surface area contributed by atoms with E-state index in [-0.39, 0.29) is 6.42 Å². The Morgan fingerprint density at radius 2 is 1.72 bits per heavy atom. The van der Waals surface area contributed by atoms with Gasteiger partial charge in [0.05, 0.1) is 12.5 Å². The van der Waals surface area contributed by atoms with Crippen molar-refractivity contribution in [3.05, 3.63) is 11.6 Å². The highest BCUT2D eigenvalue weighted by atomic mass is 19.4. The normalized spacial score (nSPS) is 43.0. The van der Waals surface area contributed by atoms with Gasteiger partial charge in [-0.25, -0.2) is 0 Å². The van der Waals surface area contributed by atoms with Crippen molar-refractivity contribution >= 4 is 0 Å². The lowest BCUT2D eigenvalue weighted by atomic mass is 9.45. The Morgan fingerprint density at radius 3 is 2.41 bits per heavy atom. The molecule has 0 spiro atoms.